The van der Waals surface area contributed by atoms with E-state index in [0.717, 1.165) is 5.71 Å². The summed E-state index contributed by atoms with van der Waals surface area (Å²) < 4.78 is 1.44. The summed E-state index contributed by atoms with van der Waals surface area (Å²) in [4.78, 5) is 33.2. The maximum Gasteiger partial charge on any atom is 0.295 e. The van der Waals surface area contributed by atoms with Crippen LogP contribution >= 0.6 is 11.3 Å². The van der Waals surface area contributed by atoms with Crippen LogP contribution in [-0.2, 0) is 9.63 Å². The van der Waals surface area contributed by atoms with Gasteiger partial charge < -0.3 is 10.2 Å². The van der Waals surface area contributed by atoms with E-state index in [1.54, 1.807) is 12.3 Å². The van der Waals surface area contributed by atoms with Crippen molar-refractivity contribution in [3.63, 3.8) is 0 Å². The maximum atomic E-state index is 12.2. The molecule has 1 amide bonds. The molecule has 1 N–H and O–H groups in total. The molecule has 0 saturated carbocycles. The summed E-state index contributed by atoms with van der Waals surface area (Å²) in [6.07, 6.45) is -0.160. The molecule has 22 heavy (non-hydrogen) atoms. The summed E-state index contributed by atoms with van der Waals surface area (Å²) in [5.74, 6) is 0.414. The van der Waals surface area contributed by atoms with Gasteiger partial charge in [-0.05, 0) is 12.8 Å². The van der Waals surface area contributed by atoms with Gasteiger partial charge >= 0.3 is 0 Å². The van der Waals surface area contributed by atoms with Gasteiger partial charge in [-0.25, -0.2) is 0 Å². The van der Waals surface area contributed by atoms with Crippen molar-refractivity contribution in [2.75, 3.05) is 5.32 Å². The highest BCUT2D eigenvalue weighted by Gasteiger charge is 2.30. The van der Waals surface area contributed by atoms with Crippen LogP contribution in [0.25, 0.3) is 4.96 Å². The van der Waals surface area contributed by atoms with Gasteiger partial charge in [0.2, 0.25) is 11.1 Å². The lowest BCUT2D eigenvalue weighted by atomic mass is 10.0. The summed E-state index contributed by atoms with van der Waals surface area (Å²) in [5, 5.41) is 12.5. The van der Waals surface area contributed by atoms with Crippen molar-refractivity contribution < 1.29 is 9.63 Å². The zero-order valence-corrected chi connectivity index (χ0v) is 13.2. The van der Waals surface area contributed by atoms with E-state index in [2.05, 4.69) is 20.6 Å². The fourth-order valence-corrected chi connectivity index (χ4v) is 2.76. The van der Waals surface area contributed by atoms with E-state index in [9.17, 15) is 9.59 Å². The molecule has 0 bridgehead atoms. The molecule has 9 heteroatoms. The molecule has 2 aromatic heterocycles. The van der Waals surface area contributed by atoms with Crippen molar-refractivity contribution in [2.45, 2.75) is 33.3 Å². The predicted molar refractivity (Wildman–Crippen MR) is 82.3 cm³/mol. The van der Waals surface area contributed by atoms with E-state index >= 15 is 0 Å². The standard InChI is InChI=1S/C13H15N5O3S/c1-6(2)8-4-9(21-17-8)12(20)14-10-5-22-13-15-11(19)7(3)16-18(10)13/h5-6,9H,4H2,1-3H3,(H,14,20). The second-order valence-electron chi connectivity index (χ2n) is 5.34. The van der Waals surface area contributed by atoms with Crippen LogP contribution in [0.5, 0.6) is 0 Å². The molecule has 1 atom stereocenters. The second kappa shape index (κ2) is 5.48. The minimum atomic E-state index is -0.638. The smallest absolute Gasteiger partial charge is 0.295 e. The Labute approximate surface area is 129 Å². The molecule has 1 unspecified atom stereocenters. The number of aromatic nitrogens is 3. The van der Waals surface area contributed by atoms with E-state index in [-0.39, 0.29) is 23.1 Å². The number of hydrogen-bond acceptors (Lipinski definition) is 7. The second-order valence-corrected chi connectivity index (χ2v) is 6.18. The number of carbonyl (C=O) groups excluding carboxylic acids is 1. The van der Waals surface area contributed by atoms with E-state index < -0.39 is 6.10 Å². The van der Waals surface area contributed by atoms with Crippen LogP contribution in [0.3, 0.4) is 0 Å². The van der Waals surface area contributed by atoms with E-state index in [1.165, 1.54) is 15.9 Å². The fraction of sp³-hybridized carbons (Fsp3) is 0.462. The zero-order chi connectivity index (χ0) is 15.9. The van der Waals surface area contributed by atoms with Gasteiger partial charge in [-0.2, -0.15) is 14.6 Å². The Morgan fingerprint density at radius 3 is 3.00 bits per heavy atom. The molecule has 2 aromatic rings. The summed E-state index contributed by atoms with van der Waals surface area (Å²) in [6.45, 7) is 5.58. The van der Waals surface area contributed by atoms with Crippen molar-refractivity contribution >= 4 is 33.7 Å². The summed E-state index contributed by atoms with van der Waals surface area (Å²) in [7, 11) is 0. The average Bonchev–Trinajstić information content (AvgIpc) is 3.08. The molecule has 1 aliphatic rings. The molecule has 116 valence electrons. The van der Waals surface area contributed by atoms with Crippen LogP contribution in [0.1, 0.15) is 26.0 Å². The number of oxime groups is 1. The molecule has 3 heterocycles. The Balaban J connectivity index is 1.78. The van der Waals surface area contributed by atoms with Crippen molar-refractivity contribution in [2.24, 2.45) is 11.1 Å². The third-order valence-electron chi connectivity index (χ3n) is 3.34. The molecule has 1 aliphatic heterocycles. The lowest BCUT2D eigenvalue weighted by Gasteiger charge is -2.09. The highest BCUT2D eigenvalue weighted by atomic mass is 32.1. The molecule has 0 fully saturated rings. The number of thiazole rings is 1. The predicted octanol–water partition coefficient (Wildman–Crippen LogP) is 1.20. The molecule has 3 rings (SSSR count). The highest BCUT2D eigenvalue weighted by Crippen LogP contribution is 2.20. The molecule has 8 nitrogen and oxygen atoms in total. The van der Waals surface area contributed by atoms with Crippen LogP contribution in [-0.4, -0.2) is 32.3 Å². The summed E-state index contributed by atoms with van der Waals surface area (Å²) >= 11 is 1.23. The topological polar surface area (TPSA) is 97.9 Å². The van der Waals surface area contributed by atoms with Gasteiger partial charge in [0.1, 0.15) is 11.5 Å². The van der Waals surface area contributed by atoms with Gasteiger partial charge in [0.25, 0.3) is 11.5 Å². The third-order valence-corrected chi connectivity index (χ3v) is 4.16. The molecule has 0 aliphatic carbocycles. The van der Waals surface area contributed by atoms with Crippen molar-refractivity contribution in [1.29, 1.82) is 0 Å². The molecule has 0 radical (unpaired) electrons. The normalized spacial score (nSPS) is 17.6. The van der Waals surface area contributed by atoms with Gasteiger partial charge in [-0.1, -0.05) is 19.0 Å². The first-order chi connectivity index (χ1) is 10.5. The Hall–Kier alpha value is -2.29. The lowest BCUT2D eigenvalue weighted by molar-refractivity contribution is -0.125. The largest absolute Gasteiger partial charge is 0.382 e. The minimum absolute atomic E-state index is 0.248. The summed E-state index contributed by atoms with van der Waals surface area (Å²) in [6, 6.07) is 0. The minimum Gasteiger partial charge on any atom is -0.382 e. The molecular weight excluding hydrogens is 306 g/mol. The number of aryl methyl sites for hydroxylation is 1. The van der Waals surface area contributed by atoms with Gasteiger partial charge in [0.05, 0.1) is 5.71 Å². The quantitative estimate of drug-likeness (QED) is 0.916. The molecule has 0 aromatic carbocycles. The van der Waals surface area contributed by atoms with Crippen molar-refractivity contribution in [1.82, 2.24) is 14.6 Å². The number of carbonyl (C=O) groups is 1. The van der Waals surface area contributed by atoms with Crippen LogP contribution in [0.4, 0.5) is 5.82 Å². The van der Waals surface area contributed by atoms with Gasteiger partial charge in [-0.3, -0.25) is 9.59 Å². The number of hydrogen-bond donors (Lipinski definition) is 1. The van der Waals surface area contributed by atoms with E-state index in [1.807, 2.05) is 13.8 Å². The first kappa shape index (κ1) is 14.6. The maximum absolute atomic E-state index is 12.2. The first-order valence-corrected chi connectivity index (χ1v) is 7.72. The monoisotopic (exact) mass is 321 g/mol. The highest BCUT2D eigenvalue weighted by molar-refractivity contribution is 7.15. The van der Waals surface area contributed by atoms with Crippen molar-refractivity contribution in [3.05, 3.63) is 21.4 Å². The Kier molecular flexibility index (Phi) is 3.65. The fourth-order valence-electron chi connectivity index (χ4n) is 2.01. The van der Waals surface area contributed by atoms with Crippen LogP contribution in [0.2, 0.25) is 0 Å². The van der Waals surface area contributed by atoms with Crippen LogP contribution < -0.4 is 10.9 Å². The van der Waals surface area contributed by atoms with Gasteiger partial charge in [0, 0.05) is 11.8 Å². The molecular formula is C13H15N5O3S. The average molecular weight is 321 g/mol. The molecule has 0 saturated heterocycles. The van der Waals surface area contributed by atoms with E-state index in [0.29, 0.717) is 17.2 Å². The Bertz CT molecular complexity index is 823. The number of nitrogens with zero attached hydrogens (tertiary/aromatic N) is 4. The van der Waals surface area contributed by atoms with Crippen LogP contribution in [0, 0.1) is 12.8 Å². The number of anilines is 1. The Morgan fingerprint density at radius 1 is 1.55 bits per heavy atom. The zero-order valence-electron chi connectivity index (χ0n) is 12.4. The van der Waals surface area contributed by atoms with E-state index in [4.69, 9.17) is 4.84 Å². The third kappa shape index (κ3) is 2.59. The lowest BCUT2D eigenvalue weighted by Crippen LogP contribution is -2.29. The number of nitrogens with one attached hydrogen (secondary N) is 1. The number of rotatable bonds is 3. The Morgan fingerprint density at radius 2 is 2.32 bits per heavy atom. The van der Waals surface area contributed by atoms with Crippen molar-refractivity contribution in [3.8, 4) is 0 Å². The molecule has 0 spiro atoms. The first-order valence-electron chi connectivity index (χ1n) is 6.84. The van der Waals surface area contributed by atoms with Crippen LogP contribution in [0.15, 0.2) is 15.3 Å². The SMILES string of the molecule is Cc1nn2c(NC(=O)C3CC(C(C)C)=NO3)csc2nc1=O. The van der Waals surface area contributed by atoms with Gasteiger partial charge in [-0.15, -0.1) is 11.3 Å². The number of amides is 1. The van der Waals surface area contributed by atoms with Gasteiger partial charge in [0.15, 0.2) is 0 Å². The summed E-state index contributed by atoms with van der Waals surface area (Å²) in [5.41, 5.74) is 0.775. The number of fused-ring (bicyclic) bond motifs is 1.